The SMILES string of the molecule is CCCCC1=C(Cc2ccc(-c3ccccc3-c3noc(=O)[nH]3)cc2)CN(c2ccc(C)c(C)c2)C(C)=N1. The van der Waals surface area contributed by atoms with E-state index >= 15 is 0 Å². The molecule has 3 aromatic carbocycles. The van der Waals surface area contributed by atoms with Crippen LogP contribution in [0.4, 0.5) is 5.69 Å². The molecular weight excluding hydrogens is 472 g/mol. The van der Waals surface area contributed by atoms with Gasteiger partial charge in [0.1, 0.15) is 5.84 Å². The predicted molar refractivity (Wildman–Crippen MR) is 155 cm³/mol. The summed E-state index contributed by atoms with van der Waals surface area (Å²) in [5, 5.41) is 3.88. The number of aliphatic imine (C=N–C) groups is 1. The second-order valence-corrected chi connectivity index (χ2v) is 10.0. The van der Waals surface area contributed by atoms with Gasteiger partial charge in [0.05, 0.1) is 0 Å². The quantitative estimate of drug-likeness (QED) is 0.273. The molecule has 6 heteroatoms. The van der Waals surface area contributed by atoms with Gasteiger partial charge in [0, 0.05) is 23.5 Å². The van der Waals surface area contributed by atoms with E-state index in [2.05, 4.69) is 85.2 Å². The minimum Gasteiger partial charge on any atom is -0.326 e. The first-order valence-corrected chi connectivity index (χ1v) is 13.3. The van der Waals surface area contributed by atoms with Crippen LogP contribution in [0.15, 0.2) is 92.3 Å². The molecular formula is C32H34N4O2. The lowest BCUT2D eigenvalue weighted by Gasteiger charge is -2.31. The summed E-state index contributed by atoms with van der Waals surface area (Å²) in [6, 6.07) is 23.2. The molecule has 6 nitrogen and oxygen atoms in total. The molecule has 0 unspecified atom stereocenters. The van der Waals surface area contributed by atoms with Gasteiger partial charge in [-0.2, -0.15) is 0 Å². The van der Waals surface area contributed by atoms with Gasteiger partial charge < -0.3 is 4.90 Å². The number of hydrogen-bond donors (Lipinski definition) is 1. The molecule has 0 saturated carbocycles. The number of H-pyrrole nitrogens is 1. The smallest absolute Gasteiger partial charge is 0.326 e. The number of benzene rings is 3. The topological polar surface area (TPSA) is 74.5 Å². The van der Waals surface area contributed by atoms with Gasteiger partial charge in [-0.25, -0.2) is 9.79 Å². The molecule has 194 valence electrons. The van der Waals surface area contributed by atoms with E-state index in [1.807, 2.05) is 24.3 Å². The van der Waals surface area contributed by atoms with Crippen LogP contribution in [0.2, 0.25) is 0 Å². The number of hydrogen-bond acceptors (Lipinski definition) is 5. The third kappa shape index (κ3) is 5.40. The Morgan fingerprint density at radius 2 is 1.71 bits per heavy atom. The average Bonchev–Trinajstić information content (AvgIpc) is 3.36. The molecule has 5 rings (SSSR count). The van der Waals surface area contributed by atoms with Gasteiger partial charge in [0.25, 0.3) is 0 Å². The van der Waals surface area contributed by atoms with Gasteiger partial charge in [0.15, 0.2) is 5.82 Å². The molecule has 0 atom stereocenters. The monoisotopic (exact) mass is 506 g/mol. The number of allylic oxidation sites excluding steroid dienone is 1. The molecule has 1 aliphatic rings. The summed E-state index contributed by atoms with van der Waals surface area (Å²) in [4.78, 5) is 21.6. The molecule has 0 saturated heterocycles. The highest BCUT2D eigenvalue weighted by Gasteiger charge is 2.21. The summed E-state index contributed by atoms with van der Waals surface area (Å²) >= 11 is 0. The Morgan fingerprint density at radius 1 is 0.947 bits per heavy atom. The maximum atomic E-state index is 11.5. The zero-order valence-electron chi connectivity index (χ0n) is 22.5. The van der Waals surface area contributed by atoms with Gasteiger partial charge in [-0.3, -0.25) is 9.51 Å². The van der Waals surface area contributed by atoms with Crippen LogP contribution in [0.1, 0.15) is 49.8 Å². The number of aromatic nitrogens is 2. The Kier molecular flexibility index (Phi) is 7.40. The zero-order chi connectivity index (χ0) is 26.6. The number of nitrogens with zero attached hydrogens (tertiary/aromatic N) is 3. The highest BCUT2D eigenvalue weighted by molar-refractivity contribution is 5.98. The summed E-state index contributed by atoms with van der Waals surface area (Å²) < 4.78 is 4.73. The van der Waals surface area contributed by atoms with Crippen molar-refractivity contribution in [3.05, 3.63) is 105 Å². The number of rotatable bonds is 8. The van der Waals surface area contributed by atoms with E-state index in [0.717, 1.165) is 54.8 Å². The average molecular weight is 507 g/mol. The molecule has 38 heavy (non-hydrogen) atoms. The summed E-state index contributed by atoms with van der Waals surface area (Å²) in [5.41, 5.74) is 10.5. The Bertz CT molecular complexity index is 1560. The van der Waals surface area contributed by atoms with E-state index in [-0.39, 0.29) is 0 Å². The zero-order valence-corrected chi connectivity index (χ0v) is 22.5. The standard InChI is InChI=1S/C32H34N4O2/c1-5-6-11-30-26(20-36(23(4)33-30)27-17-12-21(2)22(3)18-27)19-24-13-15-25(16-14-24)28-9-7-8-10-29(28)31-34-32(37)38-35-31/h7-10,12-18H,5-6,11,19-20H2,1-4H3,(H,34,35,37). The van der Waals surface area contributed by atoms with Crippen LogP contribution >= 0.6 is 0 Å². The Labute approximate surface area is 223 Å². The lowest BCUT2D eigenvalue weighted by atomic mass is 9.95. The summed E-state index contributed by atoms with van der Waals surface area (Å²) in [6.07, 6.45) is 4.15. The fourth-order valence-electron chi connectivity index (χ4n) is 4.97. The van der Waals surface area contributed by atoms with Crippen LogP contribution in [0.5, 0.6) is 0 Å². The Hall–Kier alpha value is -4.19. The molecule has 0 spiro atoms. The Morgan fingerprint density at radius 3 is 2.39 bits per heavy atom. The molecule has 0 amide bonds. The number of aryl methyl sites for hydroxylation is 2. The maximum absolute atomic E-state index is 11.5. The molecule has 1 aromatic heterocycles. The van der Waals surface area contributed by atoms with Crippen LogP contribution in [0.25, 0.3) is 22.5 Å². The second-order valence-electron chi connectivity index (χ2n) is 10.0. The van der Waals surface area contributed by atoms with Crippen molar-refractivity contribution in [2.24, 2.45) is 4.99 Å². The lowest BCUT2D eigenvalue weighted by molar-refractivity contribution is 0.388. The minimum atomic E-state index is -0.558. The first-order chi connectivity index (χ1) is 18.4. The predicted octanol–water partition coefficient (Wildman–Crippen LogP) is 7.24. The van der Waals surface area contributed by atoms with Crippen LogP contribution in [-0.4, -0.2) is 22.5 Å². The number of nitrogens with one attached hydrogen (secondary N) is 1. The molecule has 0 aliphatic carbocycles. The van der Waals surface area contributed by atoms with Crippen molar-refractivity contribution in [2.75, 3.05) is 11.4 Å². The minimum absolute atomic E-state index is 0.433. The van der Waals surface area contributed by atoms with E-state index in [1.54, 1.807) is 0 Å². The van der Waals surface area contributed by atoms with Crippen molar-refractivity contribution in [3.63, 3.8) is 0 Å². The van der Waals surface area contributed by atoms with E-state index in [1.165, 1.54) is 33.6 Å². The lowest BCUT2D eigenvalue weighted by Crippen LogP contribution is -2.34. The van der Waals surface area contributed by atoms with Crippen LogP contribution < -0.4 is 10.7 Å². The highest BCUT2D eigenvalue weighted by atomic mass is 16.5. The van der Waals surface area contributed by atoms with Crippen molar-refractivity contribution in [1.82, 2.24) is 10.1 Å². The fourth-order valence-corrected chi connectivity index (χ4v) is 4.97. The second kappa shape index (κ2) is 11.1. The molecule has 2 heterocycles. The van der Waals surface area contributed by atoms with E-state index in [0.29, 0.717) is 5.82 Å². The summed E-state index contributed by atoms with van der Waals surface area (Å²) in [7, 11) is 0. The van der Waals surface area contributed by atoms with Crippen LogP contribution in [0, 0.1) is 13.8 Å². The van der Waals surface area contributed by atoms with Gasteiger partial charge >= 0.3 is 5.76 Å². The number of aromatic amines is 1. The fraction of sp³-hybridized carbons (Fsp3) is 0.281. The van der Waals surface area contributed by atoms with Crippen molar-refractivity contribution < 1.29 is 4.52 Å². The third-order valence-electron chi connectivity index (χ3n) is 7.32. The third-order valence-corrected chi connectivity index (χ3v) is 7.32. The molecule has 0 fully saturated rings. The summed E-state index contributed by atoms with van der Waals surface area (Å²) in [5.74, 6) is 0.931. The number of amidine groups is 1. The van der Waals surface area contributed by atoms with E-state index < -0.39 is 5.76 Å². The van der Waals surface area contributed by atoms with Crippen LogP contribution in [0.3, 0.4) is 0 Å². The van der Waals surface area contributed by atoms with Crippen LogP contribution in [-0.2, 0) is 6.42 Å². The first kappa shape index (κ1) is 25.5. The van der Waals surface area contributed by atoms with Crippen molar-refractivity contribution >= 4 is 11.5 Å². The van der Waals surface area contributed by atoms with Crippen molar-refractivity contribution in [1.29, 1.82) is 0 Å². The summed E-state index contributed by atoms with van der Waals surface area (Å²) in [6.45, 7) is 9.51. The number of anilines is 1. The van der Waals surface area contributed by atoms with E-state index in [9.17, 15) is 4.79 Å². The molecule has 0 radical (unpaired) electrons. The van der Waals surface area contributed by atoms with Crippen molar-refractivity contribution in [2.45, 2.75) is 53.4 Å². The molecule has 1 N–H and O–H groups in total. The Balaban J connectivity index is 1.42. The molecule has 0 bridgehead atoms. The van der Waals surface area contributed by atoms with Gasteiger partial charge in [-0.05, 0) is 85.6 Å². The maximum Gasteiger partial charge on any atom is 0.439 e. The highest BCUT2D eigenvalue weighted by Crippen LogP contribution is 2.32. The number of unbranched alkanes of at least 4 members (excludes halogenated alkanes) is 1. The van der Waals surface area contributed by atoms with Gasteiger partial charge in [-0.1, -0.05) is 73.1 Å². The van der Waals surface area contributed by atoms with E-state index in [4.69, 9.17) is 9.52 Å². The van der Waals surface area contributed by atoms with Crippen molar-refractivity contribution in [3.8, 4) is 22.5 Å². The molecule has 1 aliphatic heterocycles. The largest absolute Gasteiger partial charge is 0.439 e. The normalized spacial score (nSPS) is 13.7. The van der Waals surface area contributed by atoms with Gasteiger partial charge in [-0.15, -0.1) is 0 Å². The first-order valence-electron chi connectivity index (χ1n) is 13.3. The van der Waals surface area contributed by atoms with Gasteiger partial charge in [0.2, 0.25) is 0 Å². The molecule has 4 aromatic rings.